The fourth-order valence-electron chi connectivity index (χ4n) is 3.71. The number of piperazine rings is 1. The van der Waals surface area contributed by atoms with Gasteiger partial charge in [-0.25, -0.2) is 4.68 Å². The Balaban J connectivity index is 1.47. The van der Waals surface area contributed by atoms with Crippen LogP contribution in [-0.2, 0) is 7.05 Å². The van der Waals surface area contributed by atoms with Crippen molar-refractivity contribution < 1.29 is 14.3 Å². The molecule has 1 fully saturated rings. The van der Waals surface area contributed by atoms with E-state index in [9.17, 15) is 4.79 Å². The van der Waals surface area contributed by atoms with Crippen LogP contribution in [0.1, 0.15) is 10.4 Å². The summed E-state index contributed by atoms with van der Waals surface area (Å²) in [5.41, 5.74) is 2.54. The Bertz CT molecular complexity index is 1010. The number of benzene rings is 2. The first kappa shape index (κ1) is 18.2. The molecule has 0 N–H and O–H groups in total. The van der Waals surface area contributed by atoms with Crippen LogP contribution in [0.15, 0.2) is 42.5 Å². The highest BCUT2D eigenvalue weighted by Gasteiger charge is 2.23. The lowest BCUT2D eigenvalue weighted by molar-refractivity contribution is 0.0747. The molecule has 0 unspecified atom stereocenters. The van der Waals surface area contributed by atoms with Gasteiger partial charge in [0, 0.05) is 50.5 Å². The summed E-state index contributed by atoms with van der Waals surface area (Å²) >= 11 is 0. The zero-order valence-electron chi connectivity index (χ0n) is 16.4. The van der Waals surface area contributed by atoms with Gasteiger partial charge in [0.05, 0.1) is 25.1 Å². The van der Waals surface area contributed by atoms with Gasteiger partial charge in [-0.1, -0.05) is 6.07 Å². The molecular weight excluding hydrogens is 356 g/mol. The minimum Gasteiger partial charge on any atom is -0.497 e. The molecule has 0 aliphatic carbocycles. The average Bonchev–Trinajstić information content (AvgIpc) is 3.07. The van der Waals surface area contributed by atoms with E-state index in [0.717, 1.165) is 35.4 Å². The number of aryl methyl sites for hydroxylation is 1. The largest absolute Gasteiger partial charge is 0.497 e. The van der Waals surface area contributed by atoms with Crippen molar-refractivity contribution >= 4 is 22.5 Å². The Labute approximate surface area is 164 Å². The van der Waals surface area contributed by atoms with E-state index in [1.807, 2.05) is 48.3 Å². The molecule has 1 amide bonds. The van der Waals surface area contributed by atoms with Gasteiger partial charge in [0.1, 0.15) is 5.75 Å². The SMILES string of the molecule is COc1cccc(N2CCN(C(=O)c3ccc4c(OC)n(C)nc4c3)CC2)c1. The van der Waals surface area contributed by atoms with Crippen LogP contribution in [0.2, 0.25) is 0 Å². The third kappa shape index (κ3) is 3.24. The lowest BCUT2D eigenvalue weighted by Gasteiger charge is -2.36. The number of aromatic nitrogens is 2. The van der Waals surface area contributed by atoms with Gasteiger partial charge in [-0.2, -0.15) is 5.10 Å². The van der Waals surface area contributed by atoms with Crippen LogP contribution >= 0.6 is 0 Å². The monoisotopic (exact) mass is 380 g/mol. The van der Waals surface area contributed by atoms with Crippen LogP contribution < -0.4 is 14.4 Å². The Kier molecular flexibility index (Phi) is 4.81. The van der Waals surface area contributed by atoms with Gasteiger partial charge in [0.2, 0.25) is 5.88 Å². The predicted octanol–water partition coefficient (Wildman–Crippen LogP) is 2.55. The van der Waals surface area contributed by atoms with Gasteiger partial charge in [-0.05, 0) is 30.3 Å². The summed E-state index contributed by atoms with van der Waals surface area (Å²) in [6.45, 7) is 2.94. The lowest BCUT2D eigenvalue weighted by atomic mass is 10.1. The molecule has 7 heteroatoms. The molecule has 0 atom stereocenters. The van der Waals surface area contributed by atoms with E-state index in [2.05, 4.69) is 16.1 Å². The molecular formula is C21H24N4O3. The quantitative estimate of drug-likeness (QED) is 0.696. The number of carbonyl (C=O) groups is 1. The summed E-state index contributed by atoms with van der Waals surface area (Å²) in [5, 5.41) is 5.35. The molecule has 1 aliphatic rings. The van der Waals surface area contributed by atoms with Crippen LogP contribution in [0, 0.1) is 0 Å². The van der Waals surface area contributed by atoms with Crippen LogP contribution in [-0.4, -0.2) is 61.0 Å². The Morgan fingerprint density at radius 2 is 1.79 bits per heavy atom. The van der Waals surface area contributed by atoms with Crippen molar-refractivity contribution in [3.63, 3.8) is 0 Å². The fourth-order valence-corrected chi connectivity index (χ4v) is 3.71. The molecule has 3 aromatic rings. The summed E-state index contributed by atoms with van der Waals surface area (Å²) in [6.07, 6.45) is 0. The summed E-state index contributed by atoms with van der Waals surface area (Å²) in [6, 6.07) is 13.6. The molecule has 0 saturated carbocycles. The van der Waals surface area contributed by atoms with Gasteiger partial charge >= 0.3 is 0 Å². The molecule has 28 heavy (non-hydrogen) atoms. The first-order valence-corrected chi connectivity index (χ1v) is 9.29. The Morgan fingerprint density at radius 3 is 2.50 bits per heavy atom. The number of hydrogen-bond donors (Lipinski definition) is 0. The second-order valence-corrected chi connectivity index (χ2v) is 6.85. The summed E-state index contributed by atoms with van der Waals surface area (Å²) < 4.78 is 12.4. The summed E-state index contributed by atoms with van der Waals surface area (Å²) in [7, 11) is 5.12. The number of nitrogens with zero attached hydrogens (tertiary/aromatic N) is 4. The second-order valence-electron chi connectivity index (χ2n) is 6.85. The van der Waals surface area contributed by atoms with E-state index < -0.39 is 0 Å². The number of hydrogen-bond acceptors (Lipinski definition) is 5. The van der Waals surface area contributed by atoms with E-state index in [0.29, 0.717) is 24.5 Å². The third-order valence-corrected chi connectivity index (χ3v) is 5.21. The number of amides is 1. The average molecular weight is 380 g/mol. The van der Waals surface area contributed by atoms with Gasteiger partial charge in [0.15, 0.2) is 0 Å². The number of anilines is 1. The molecule has 4 rings (SSSR count). The summed E-state index contributed by atoms with van der Waals surface area (Å²) in [4.78, 5) is 17.1. The number of rotatable bonds is 4. The van der Waals surface area contributed by atoms with E-state index in [1.54, 1.807) is 18.9 Å². The first-order valence-electron chi connectivity index (χ1n) is 9.29. The van der Waals surface area contributed by atoms with Crippen molar-refractivity contribution in [2.75, 3.05) is 45.3 Å². The van der Waals surface area contributed by atoms with Crippen molar-refractivity contribution in [2.24, 2.45) is 7.05 Å². The standard InChI is InChI=1S/C21H24N4O3/c1-23-21(28-3)18-8-7-15(13-19(18)22-23)20(26)25-11-9-24(10-12-25)16-5-4-6-17(14-16)27-2/h4-8,13-14H,9-12H2,1-3H3. The van der Waals surface area contributed by atoms with Crippen molar-refractivity contribution in [3.8, 4) is 11.6 Å². The van der Waals surface area contributed by atoms with Gasteiger partial charge in [-0.3, -0.25) is 4.79 Å². The molecule has 0 radical (unpaired) electrons. The Hall–Kier alpha value is -3.22. The molecule has 2 heterocycles. The van der Waals surface area contributed by atoms with Crippen LogP contribution in [0.4, 0.5) is 5.69 Å². The Morgan fingerprint density at radius 1 is 1.00 bits per heavy atom. The van der Waals surface area contributed by atoms with Crippen LogP contribution in [0.3, 0.4) is 0 Å². The molecule has 0 bridgehead atoms. The van der Waals surface area contributed by atoms with E-state index in [4.69, 9.17) is 9.47 Å². The number of ether oxygens (including phenoxy) is 2. The van der Waals surface area contributed by atoms with Crippen molar-refractivity contribution in [2.45, 2.75) is 0 Å². The topological polar surface area (TPSA) is 59.8 Å². The van der Waals surface area contributed by atoms with Gasteiger partial charge < -0.3 is 19.3 Å². The molecule has 1 aliphatic heterocycles. The second kappa shape index (κ2) is 7.42. The zero-order chi connectivity index (χ0) is 19.7. The molecule has 1 saturated heterocycles. The van der Waals surface area contributed by atoms with Gasteiger partial charge in [0.25, 0.3) is 5.91 Å². The van der Waals surface area contributed by atoms with Crippen LogP contribution in [0.25, 0.3) is 10.9 Å². The van der Waals surface area contributed by atoms with Crippen molar-refractivity contribution in [3.05, 3.63) is 48.0 Å². The van der Waals surface area contributed by atoms with Gasteiger partial charge in [-0.15, -0.1) is 0 Å². The highest BCUT2D eigenvalue weighted by Crippen LogP contribution is 2.26. The maximum absolute atomic E-state index is 13.0. The summed E-state index contributed by atoms with van der Waals surface area (Å²) in [5.74, 6) is 1.58. The molecule has 2 aromatic carbocycles. The normalized spacial score (nSPS) is 14.4. The molecule has 0 spiro atoms. The van der Waals surface area contributed by atoms with Crippen LogP contribution in [0.5, 0.6) is 11.6 Å². The molecule has 1 aromatic heterocycles. The van der Waals surface area contributed by atoms with E-state index in [1.165, 1.54) is 0 Å². The highest BCUT2D eigenvalue weighted by atomic mass is 16.5. The first-order chi connectivity index (χ1) is 13.6. The molecule has 7 nitrogen and oxygen atoms in total. The maximum atomic E-state index is 13.0. The lowest BCUT2D eigenvalue weighted by Crippen LogP contribution is -2.48. The zero-order valence-corrected chi connectivity index (χ0v) is 16.4. The van der Waals surface area contributed by atoms with Crippen molar-refractivity contribution in [1.82, 2.24) is 14.7 Å². The minimum atomic E-state index is 0.0387. The number of fused-ring (bicyclic) bond motifs is 1. The fraction of sp³-hybridized carbons (Fsp3) is 0.333. The maximum Gasteiger partial charge on any atom is 0.254 e. The smallest absolute Gasteiger partial charge is 0.254 e. The van der Waals surface area contributed by atoms with Crippen molar-refractivity contribution in [1.29, 1.82) is 0 Å². The highest BCUT2D eigenvalue weighted by molar-refractivity contribution is 5.98. The minimum absolute atomic E-state index is 0.0387. The predicted molar refractivity (Wildman–Crippen MR) is 108 cm³/mol. The molecule has 146 valence electrons. The number of carbonyl (C=O) groups excluding carboxylic acids is 1. The van der Waals surface area contributed by atoms with E-state index in [-0.39, 0.29) is 5.91 Å². The third-order valence-electron chi connectivity index (χ3n) is 5.21. The van der Waals surface area contributed by atoms with E-state index >= 15 is 0 Å². The number of methoxy groups -OCH3 is 2.